The molecular formula is C27H25BrN4O3S2. The second-order valence-corrected chi connectivity index (χ2v) is 12.0. The molecule has 1 aliphatic heterocycles. The lowest BCUT2D eigenvalue weighted by Crippen LogP contribution is -2.29. The fraction of sp³-hybridized carbons (Fsp3) is 0.185. The van der Waals surface area contributed by atoms with Crippen molar-refractivity contribution in [1.82, 2.24) is 10.3 Å². The van der Waals surface area contributed by atoms with Crippen molar-refractivity contribution in [1.29, 1.82) is 0 Å². The number of aromatic nitrogens is 1. The molecule has 4 aromatic rings. The molecule has 0 aliphatic carbocycles. The Morgan fingerprint density at radius 3 is 2.57 bits per heavy atom. The number of halogens is 1. The zero-order valence-corrected chi connectivity index (χ0v) is 23.6. The quantitative estimate of drug-likeness (QED) is 0.254. The molecule has 2 aromatic heterocycles. The maximum atomic E-state index is 11.8. The summed E-state index contributed by atoms with van der Waals surface area (Å²) in [5, 5.41) is 3.95. The summed E-state index contributed by atoms with van der Waals surface area (Å²) in [6.07, 6.45) is 2.89. The number of benzene rings is 2. The van der Waals surface area contributed by atoms with Gasteiger partial charge in [0.25, 0.3) is 0 Å². The molecule has 0 unspecified atom stereocenters. The minimum atomic E-state index is -3.40. The van der Waals surface area contributed by atoms with Crippen molar-refractivity contribution in [3.05, 3.63) is 100.0 Å². The van der Waals surface area contributed by atoms with Gasteiger partial charge in [-0.15, -0.1) is 0 Å². The van der Waals surface area contributed by atoms with Gasteiger partial charge in [0.2, 0.25) is 10.0 Å². The molecule has 3 heterocycles. The van der Waals surface area contributed by atoms with E-state index in [2.05, 4.69) is 37.0 Å². The molecule has 1 aliphatic rings. The Kier molecular flexibility index (Phi) is 6.82. The summed E-state index contributed by atoms with van der Waals surface area (Å²) in [6.45, 7) is 3.90. The third-order valence-electron chi connectivity index (χ3n) is 6.19. The van der Waals surface area contributed by atoms with Crippen molar-refractivity contribution < 1.29 is 12.8 Å². The van der Waals surface area contributed by atoms with E-state index in [9.17, 15) is 8.42 Å². The van der Waals surface area contributed by atoms with E-state index in [1.165, 1.54) is 0 Å². The highest BCUT2D eigenvalue weighted by Crippen LogP contribution is 2.44. The number of sulfonamides is 1. The van der Waals surface area contributed by atoms with Crippen LogP contribution in [0.3, 0.4) is 0 Å². The summed E-state index contributed by atoms with van der Waals surface area (Å²) in [5.74, 6) is 1.46. The molecule has 2 N–H and O–H groups in total. The molecule has 2 aromatic carbocycles. The van der Waals surface area contributed by atoms with Gasteiger partial charge in [-0.25, -0.2) is 8.42 Å². The van der Waals surface area contributed by atoms with Crippen LogP contribution in [0.2, 0.25) is 0 Å². The largest absolute Gasteiger partial charge is 0.459 e. The van der Waals surface area contributed by atoms with Gasteiger partial charge in [-0.2, -0.15) is 0 Å². The van der Waals surface area contributed by atoms with Gasteiger partial charge in [-0.1, -0.05) is 28.1 Å². The molecule has 5 rings (SSSR count). The van der Waals surface area contributed by atoms with E-state index in [1.807, 2.05) is 73.3 Å². The topological polar surface area (TPSA) is 87.5 Å². The Labute approximate surface area is 230 Å². The first kappa shape index (κ1) is 25.4. The van der Waals surface area contributed by atoms with Crippen molar-refractivity contribution in [3.8, 4) is 11.3 Å². The van der Waals surface area contributed by atoms with Gasteiger partial charge < -0.3 is 14.6 Å². The normalized spacial score (nSPS) is 17.6. The van der Waals surface area contributed by atoms with Gasteiger partial charge in [-0.3, -0.25) is 9.71 Å². The van der Waals surface area contributed by atoms with E-state index >= 15 is 0 Å². The zero-order valence-electron chi connectivity index (χ0n) is 20.4. The molecule has 0 amide bonds. The lowest BCUT2D eigenvalue weighted by atomic mass is 10.0. The van der Waals surface area contributed by atoms with Crippen LogP contribution in [0.25, 0.3) is 11.3 Å². The molecule has 7 nitrogen and oxygen atoms in total. The summed E-state index contributed by atoms with van der Waals surface area (Å²) in [4.78, 5) is 6.58. The number of rotatable bonds is 6. The van der Waals surface area contributed by atoms with Crippen LogP contribution in [0.4, 0.5) is 11.4 Å². The van der Waals surface area contributed by atoms with Gasteiger partial charge in [0, 0.05) is 21.9 Å². The number of hydrogen-bond acceptors (Lipinski definition) is 5. The molecule has 2 atom stereocenters. The highest BCUT2D eigenvalue weighted by atomic mass is 79.9. The predicted octanol–water partition coefficient (Wildman–Crippen LogP) is 6.27. The average Bonchev–Trinajstić information content (AvgIpc) is 3.45. The highest BCUT2D eigenvalue weighted by molar-refractivity contribution is 9.10. The first-order valence-electron chi connectivity index (χ1n) is 11.6. The second-order valence-electron chi connectivity index (χ2n) is 9.06. The summed E-state index contributed by atoms with van der Waals surface area (Å²) in [6, 6.07) is 20.8. The van der Waals surface area contributed by atoms with Gasteiger partial charge in [0.05, 0.1) is 23.7 Å². The molecule has 0 bridgehead atoms. The van der Waals surface area contributed by atoms with Crippen LogP contribution >= 0.6 is 28.1 Å². The smallest absolute Gasteiger partial charge is 0.229 e. The van der Waals surface area contributed by atoms with E-state index in [0.717, 1.165) is 50.3 Å². The summed E-state index contributed by atoms with van der Waals surface area (Å²) in [7, 11) is -3.40. The standard InChI is InChI=1S/C27H25BrN4O3S2/c1-16-7-9-19(20(28)14-16)23-11-12-24(35-23)26-25(22-6-4-5-13-29-22)30-27(36)32(26)18-8-10-21(17(2)15-18)31-37(3,33)34/h4-15,25-26,31H,1-3H3,(H,30,36)/t25-,26+/m0/s1. The second kappa shape index (κ2) is 9.92. The number of aryl methyl sites for hydroxylation is 2. The number of pyridine rings is 1. The number of thiocarbonyl (C=S) groups is 1. The van der Waals surface area contributed by atoms with E-state index in [0.29, 0.717) is 10.8 Å². The van der Waals surface area contributed by atoms with Crippen LogP contribution in [-0.4, -0.2) is 24.8 Å². The Morgan fingerprint density at radius 1 is 1.08 bits per heavy atom. The Hall–Kier alpha value is -3.21. The van der Waals surface area contributed by atoms with Crippen molar-refractivity contribution in [2.24, 2.45) is 0 Å². The number of nitrogens with zero attached hydrogens (tertiary/aromatic N) is 2. The van der Waals surface area contributed by atoms with E-state index in [4.69, 9.17) is 16.6 Å². The van der Waals surface area contributed by atoms with Crippen molar-refractivity contribution in [3.63, 3.8) is 0 Å². The van der Waals surface area contributed by atoms with Crippen molar-refractivity contribution >= 4 is 54.7 Å². The third kappa shape index (κ3) is 5.27. The lowest BCUT2D eigenvalue weighted by molar-refractivity contribution is 0.439. The molecule has 10 heteroatoms. The van der Waals surface area contributed by atoms with Crippen LogP contribution in [0.5, 0.6) is 0 Å². The monoisotopic (exact) mass is 596 g/mol. The van der Waals surface area contributed by atoms with Crippen LogP contribution in [0.1, 0.15) is 34.7 Å². The Balaban J connectivity index is 1.59. The summed E-state index contributed by atoms with van der Waals surface area (Å²) in [5.41, 5.74) is 5.05. The third-order valence-corrected chi connectivity index (χ3v) is 7.75. The fourth-order valence-corrected chi connectivity index (χ4v) is 6.17. The van der Waals surface area contributed by atoms with Crippen LogP contribution in [-0.2, 0) is 10.0 Å². The van der Waals surface area contributed by atoms with E-state index in [-0.39, 0.29) is 12.1 Å². The molecule has 0 radical (unpaired) electrons. The summed E-state index contributed by atoms with van der Waals surface area (Å²) >= 11 is 9.46. The van der Waals surface area contributed by atoms with Gasteiger partial charge in [0.1, 0.15) is 17.6 Å². The fourth-order valence-electron chi connectivity index (χ4n) is 4.51. The zero-order chi connectivity index (χ0) is 26.3. The number of hydrogen-bond donors (Lipinski definition) is 2. The number of anilines is 2. The molecular weight excluding hydrogens is 572 g/mol. The average molecular weight is 598 g/mol. The van der Waals surface area contributed by atoms with Gasteiger partial charge >= 0.3 is 0 Å². The molecule has 0 spiro atoms. The number of nitrogens with one attached hydrogen (secondary N) is 2. The molecule has 0 saturated carbocycles. The SMILES string of the molecule is Cc1ccc(-c2ccc([C@@H]3[C@H](c4ccccn4)NC(=S)N3c3ccc(NS(C)(=O)=O)c(C)c3)o2)c(Br)c1. The van der Waals surface area contributed by atoms with E-state index < -0.39 is 10.0 Å². The van der Waals surface area contributed by atoms with Gasteiger partial charge in [0.15, 0.2) is 5.11 Å². The van der Waals surface area contributed by atoms with Crippen LogP contribution < -0.4 is 14.9 Å². The minimum Gasteiger partial charge on any atom is -0.459 e. The van der Waals surface area contributed by atoms with Crippen molar-refractivity contribution in [2.75, 3.05) is 15.9 Å². The minimum absolute atomic E-state index is 0.261. The molecule has 190 valence electrons. The van der Waals surface area contributed by atoms with Crippen LogP contribution in [0, 0.1) is 13.8 Å². The molecule has 1 saturated heterocycles. The summed E-state index contributed by atoms with van der Waals surface area (Å²) < 4.78 is 33.5. The van der Waals surface area contributed by atoms with Crippen LogP contribution in [0.15, 0.2) is 81.8 Å². The Morgan fingerprint density at radius 2 is 1.89 bits per heavy atom. The lowest BCUT2D eigenvalue weighted by Gasteiger charge is -2.26. The highest BCUT2D eigenvalue weighted by Gasteiger charge is 2.42. The Bertz CT molecular complexity index is 1590. The maximum Gasteiger partial charge on any atom is 0.229 e. The van der Waals surface area contributed by atoms with E-state index in [1.54, 1.807) is 12.3 Å². The first-order chi connectivity index (χ1) is 17.6. The first-order valence-corrected chi connectivity index (χ1v) is 14.7. The predicted molar refractivity (Wildman–Crippen MR) is 154 cm³/mol. The molecule has 1 fully saturated rings. The van der Waals surface area contributed by atoms with Crippen molar-refractivity contribution in [2.45, 2.75) is 25.9 Å². The number of furan rings is 1. The maximum absolute atomic E-state index is 11.8. The molecule has 37 heavy (non-hydrogen) atoms. The van der Waals surface area contributed by atoms with Gasteiger partial charge in [-0.05, 0) is 91.8 Å².